The van der Waals surface area contributed by atoms with Gasteiger partial charge in [-0.05, 0) is 49.6 Å². The fourth-order valence-electron chi connectivity index (χ4n) is 4.03. The second-order valence-corrected chi connectivity index (χ2v) is 8.78. The van der Waals surface area contributed by atoms with E-state index in [0.717, 1.165) is 0 Å². The van der Waals surface area contributed by atoms with Crippen molar-refractivity contribution in [2.75, 3.05) is 40.1 Å². The Morgan fingerprint density at radius 3 is 2.25 bits per heavy atom. The maximum atomic E-state index is 13.2. The van der Waals surface area contributed by atoms with Crippen LogP contribution in [0.3, 0.4) is 0 Å². The Labute approximate surface area is 212 Å². The standard InChI is InChI=1S/C28H35NO7/c1-6-34-21-12-13-22(23(16-21)35-7-2)26(30)24-25(29(14-15-33-5)28(32)27(24)31)19-8-10-20(11-9-19)36-17-18(3)4/h8-13,16,18,25,30H,6-7,14-15,17H2,1-5H3/b26-24-. The van der Waals surface area contributed by atoms with Crippen molar-refractivity contribution in [3.05, 3.63) is 59.2 Å². The number of aliphatic hydroxyl groups is 1. The average Bonchev–Trinajstić information content (AvgIpc) is 3.11. The number of amides is 1. The molecular formula is C28H35NO7. The van der Waals surface area contributed by atoms with Gasteiger partial charge in [0, 0.05) is 19.7 Å². The van der Waals surface area contributed by atoms with Gasteiger partial charge in [-0.15, -0.1) is 0 Å². The van der Waals surface area contributed by atoms with Gasteiger partial charge in [0.25, 0.3) is 11.7 Å². The molecule has 0 radical (unpaired) electrons. The van der Waals surface area contributed by atoms with Gasteiger partial charge in [-0.3, -0.25) is 9.59 Å². The lowest BCUT2D eigenvalue weighted by molar-refractivity contribution is -0.140. The minimum Gasteiger partial charge on any atom is -0.507 e. The molecule has 1 saturated heterocycles. The Morgan fingerprint density at radius 2 is 1.64 bits per heavy atom. The predicted octanol–water partition coefficient (Wildman–Crippen LogP) is 4.59. The number of aliphatic hydroxyl groups excluding tert-OH is 1. The van der Waals surface area contributed by atoms with E-state index in [0.29, 0.717) is 54.1 Å². The van der Waals surface area contributed by atoms with Crippen LogP contribution in [0.4, 0.5) is 0 Å². The van der Waals surface area contributed by atoms with E-state index in [2.05, 4.69) is 13.8 Å². The number of Topliss-reactive ketones (excluding diaryl/α,β-unsaturated/α-hetero) is 1. The van der Waals surface area contributed by atoms with Crippen LogP contribution in [0, 0.1) is 5.92 Å². The summed E-state index contributed by atoms with van der Waals surface area (Å²) in [6.07, 6.45) is 0. The summed E-state index contributed by atoms with van der Waals surface area (Å²) in [6.45, 7) is 9.65. The number of ether oxygens (including phenoxy) is 4. The highest BCUT2D eigenvalue weighted by molar-refractivity contribution is 6.46. The molecule has 0 saturated carbocycles. The summed E-state index contributed by atoms with van der Waals surface area (Å²) in [7, 11) is 1.53. The summed E-state index contributed by atoms with van der Waals surface area (Å²) in [5, 5.41) is 11.4. The van der Waals surface area contributed by atoms with Gasteiger partial charge in [-0.1, -0.05) is 26.0 Å². The van der Waals surface area contributed by atoms with E-state index >= 15 is 0 Å². The zero-order valence-electron chi connectivity index (χ0n) is 21.6. The van der Waals surface area contributed by atoms with Crippen LogP contribution in [-0.2, 0) is 14.3 Å². The van der Waals surface area contributed by atoms with Crippen LogP contribution in [0.1, 0.15) is 44.9 Å². The molecule has 1 fully saturated rings. The molecule has 8 heteroatoms. The van der Waals surface area contributed by atoms with Gasteiger partial charge in [-0.2, -0.15) is 0 Å². The highest BCUT2D eigenvalue weighted by Gasteiger charge is 2.46. The fraction of sp³-hybridized carbons (Fsp3) is 0.429. The van der Waals surface area contributed by atoms with Crippen molar-refractivity contribution in [3.8, 4) is 17.2 Å². The van der Waals surface area contributed by atoms with E-state index < -0.39 is 17.7 Å². The molecule has 1 unspecified atom stereocenters. The summed E-state index contributed by atoms with van der Waals surface area (Å²) in [4.78, 5) is 27.7. The molecule has 36 heavy (non-hydrogen) atoms. The molecule has 0 aliphatic carbocycles. The van der Waals surface area contributed by atoms with Crippen molar-refractivity contribution < 1.29 is 33.6 Å². The third kappa shape index (κ3) is 5.99. The Balaban J connectivity index is 2.10. The smallest absolute Gasteiger partial charge is 0.295 e. The monoisotopic (exact) mass is 497 g/mol. The first-order valence-electron chi connectivity index (χ1n) is 12.2. The molecule has 2 aromatic carbocycles. The van der Waals surface area contributed by atoms with Crippen LogP contribution in [0.2, 0.25) is 0 Å². The molecule has 1 atom stereocenters. The first kappa shape index (κ1) is 27.1. The van der Waals surface area contributed by atoms with Crippen LogP contribution in [0.5, 0.6) is 17.2 Å². The third-order valence-corrected chi connectivity index (χ3v) is 5.67. The zero-order valence-corrected chi connectivity index (χ0v) is 21.6. The second-order valence-electron chi connectivity index (χ2n) is 8.78. The first-order valence-corrected chi connectivity index (χ1v) is 12.2. The van der Waals surface area contributed by atoms with Crippen LogP contribution >= 0.6 is 0 Å². The zero-order chi connectivity index (χ0) is 26.2. The van der Waals surface area contributed by atoms with Crippen LogP contribution in [0.15, 0.2) is 48.0 Å². The molecule has 0 aromatic heterocycles. The average molecular weight is 498 g/mol. The van der Waals surface area contributed by atoms with Crippen LogP contribution in [0.25, 0.3) is 5.76 Å². The number of hydrogen-bond acceptors (Lipinski definition) is 7. The Bertz CT molecular complexity index is 1090. The van der Waals surface area contributed by atoms with Gasteiger partial charge in [0.2, 0.25) is 0 Å². The quantitative estimate of drug-likeness (QED) is 0.260. The minimum atomic E-state index is -0.791. The fourth-order valence-corrected chi connectivity index (χ4v) is 4.03. The predicted molar refractivity (Wildman–Crippen MR) is 136 cm³/mol. The second kappa shape index (κ2) is 12.4. The lowest BCUT2D eigenvalue weighted by atomic mass is 9.95. The Morgan fingerprint density at radius 1 is 0.972 bits per heavy atom. The van der Waals surface area contributed by atoms with E-state index in [9.17, 15) is 14.7 Å². The molecule has 0 spiro atoms. The summed E-state index contributed by atoms with van der Waals surface area (Å²) in [5.41, 5.74) is 0.983. The maximum absolute atomic E-state index is 13.2. The summed E-state index contributed by atoms with van der Waals surface area (Å²) < 4.78 is 22.3. The van der Waals surface area contributed by atoms with Crippen molar-refractivity contribution in [3.63, 3.8) is 0 Å². The van der Waals surface area contributed by atoms with Gasteiger partial charge in [-0.25, -0.2) is 0 Å². The van der Waals surface area contributed by atoms with Gasteiger partial charge < -0.3 is 29.0 Å². The van der Waals surface area contributed by atoms with E-state index in [4.69, 9.17) is 18.9 Å². The number of carbonyl (C=O) groups is 2. The maximum Gasteiger partial charge on any atom is 0.295 e. The molecule has 3 rings (SSSR count). The van der Waals surface area contributed by atoms with Gasteiger partial charge in [0.15, 0.2) is 0 Å². The number of rotatable bonds is 12. The van der Waals surface area contributed by atoms with Crippen molar-refractivity contribution in [2.45, 2.75) is 33.7 Å². The molecule has 1 aliphatic rings. The van der Waals surface area contributed by atoms with Gasteiger partial charge >= 0.3 is 0 Å². The molecule has 2 aromatic rings. The summed E-state index contributed by atoms with van der Waals surface area (Å²) in [5.74, 6) is 0.246. The molecule has 1 aliphatic heterocycles. The molecule has 8 nitrogen and oxygen atoms in total. The molecule has 0 bridgehead atoms. The largest absolute Gasteiger partial charge is 0.507 e. The van der Waals surface area contributed by atoms with E-state index in [1.807, 2.05) is 13.8 Å². The highest BCUT2D eigenvalue weighted by atomic mass is 16.5. The SMILES string of the molecule is CCOc1ccc(/C(O)=C2/C(=O)C(=O)N(CCOC)C2c2ccc(OCC(C)C)cc2)c(OCC)c1. The normalized spacial score (nSPS) is 17.1. The number of nitrogens with zero attached hydrogens (tertiary/aromatic N) is 1. The van der Waals surface area contributed by atoms with Crippen LogP contribution in [-0.4, -0.2) is 61.8 Å². The van der Waals surface area contributed by atoms with Crippen molar-refractivity contribution in [1.29, 1.82) is 0 Å². The summed E-state index contributed by atoms with van der Waals surface area (Å²) in [6, 6.07) is 11.4. The van der Waals surface area contributed by atoms with Gasteiger partial charge in [0.1, 0.15) is 23.0 Å². The number of hydrogen-bond donors (Lipinski definition) is 1. The van der Waals surface area contributed by atoms with Crippen LogP contribution < -0.4 is 14.2 Å². The topological polar surface area (TPSA) is 94.5 Å². The Kier molecular flexibility index (Phi) is 9.36. The Hall–Kier alpha value is -3.52. The van der Waals surface area contributed by atoms with E-state index in [1.54, 1.807) is 42.5 Å². The minimum absolute atomic E-state index is 0.00272. The number of ketones is 1. The van der Waals surface area contributed by atoms with Crippen molar-refractivity contribution >= 4 is 17.4 Å². The first-order chi connectivity index (χ1) is 17.3. The van der Waals surface area contributed by atoms with Crippen molar-refractivity contribution in [2.24, 2.45) is 5.92 Å². The lowest BCUT2D eigenvalue weighted by Gasteiger charge is -2.25. The third-order valence-electron chi connectivity index (χ3n) is 5.67. The van der Waals surface area contributed by atoms with Gasteiger partial charge in [0.05, 0.1) is 43.6 Å². The van der Waals surface area contributed by atoms with E-state index in [1.165, 1.54) is 12.0 Å². The number of methoxy groups -OCH3 is 1. The number of likely N-dealkylation sites (tertiary alicyclic amines) is 1. The highest BCUT2D eigenvalue weighted by Crippen LogP contribution is 2.41. The number of benzene rings is 2. The molecular weight excluding hydrogens is 462 g/mol. The lowest BCUT2D eigenvalue weighted by Crippen LogP contribution is -2.32. The molecule has 1 amide bonds. The van der Waals surface area contributed by atoms with E-state index in [-0.39, 0.29) is 24.5 Å². The number of carbonyl (C=O) groups excluding carboxylic acids is 2. The summed E-state index contributed by atoms with van der Waals surface area (Å²) >= 11 is 0. The molecule has 194 valence electrons. The molecule has 1 N–H and O–H groups in total. The van der Waals surface area contributed by atoms with Crippen molar-refractivity contribution in [1.82, 2.24) is 4.90 Å². The molecule has 1 heterocycles.